The molecule has 1 N–H and O–H groups in total. The summed E-state index contributed by atoms with van der Waals surface area (Å²) in [6.45, 7) is 2.58. The van der Waals surface area contributed by atoms with Crippen molar-refractivity contribution in [1.29, 1.82) is 0 Å². The second-order valence-electron chi connectivity index (χ2n) is 6.34. The fraction of sp³-hybridized carbons (Fsp3) is 0.200. The summed E-state index contributed by atoms with van der Waals surface area (Å²) in [7, 11) is 0. The number of thiazole rings is 1. The number of fused-ring (bicyclic) bond motifs is 1. The summed E-state index contributed by atoms with van der Waals surface area (Å²) >= 11 is 1.56. The van der Waals surface area contributed by atoms with Gasteiger partial charge in [0.15, 0.2) is 5.65 Å². The molecule has 1 aromatic carbocycles. The zero-order valence-electron chi connectivity index (χ0n) is 14.9. The molecule has 3 aromatic heterocycles. The van der Waals surface area contributed by atoms with Crippen LogP contribution in [0.3, 0.4) is 0 Å². The van der Waals surface area contributed by atoms with E-state index in [2.05, 4.69) is 39.6 Å². The molecule has 0 saturated heterocycles. The van der Waals surface area contributed by atoms with E-state index < -0.39 is 0 Å². The van der Waals surface area contributed by atoms with Crippen molar-refractivity contribution in [3.8, 4) is 10.6 Å². The first kappa shape index (κ1) is 17.4. The van der Waals surface area contributed by atoms with Crippen LogP contribution in [-0.4, -0.2) is 32.0 Å². The first-order valence-corrected chi connectivity index (χ1v) is 9.64. The number of pyridine rings is 1. The van der Waals surface area contributed by atoms with Gasteiger partial charge in [-0.1, -0.05) is 29.8 Å². The average Bonchev–Trinajstić information content (AvgIpc) is 3.29. The SMILES string of the molecule is Cc1cccc(-c2nc(CC(=O)NCCc3nnc4ccccn34)cs2)c1. The maximum atomic E-state index is 12.2. The van der Waals surface area contributed by atoms with E-state index in [0.717, 1.165) is 27.7 Å². The summed E-state index contributed by atoms with van der Waals surface area (Å²) < 4.78 is 1.93. The highest BCUT2D eigenvalue weighted by molar-refractivity contribution is 7.13. The second-order valence-corrected chi connectivity index (χ2v) is 7.19. The van der Waals surface area contributed by atoms with Crippen molar-refractivity contribution in [2.24, 2.45) is 0 Å². The lowest BCUT2D eigenvalue weighted by Gasteiger charge is -2.03. The van der Waals surface area contributed by atoms with Crippen LogP contribution in [0.1, 0.15) is 17.1 Å². The maximum absolute atomic E-state index is 12.2. The topological polar surface area (TPSA) is 72.2 Å². The Kier molecular flexibility index (Phi) is 4.93. The zero-order chi connectivity index (χ0) is 18.6. The molecule has 7 heteroatoms. The van der Waals surface area contributed by atoms with E-state index in [4.69, 9.17) is 0 Å². The van der Waals surface area contributed by atoms with Crippen LogP contribution >= 0.6 is 11.3 Å². The van der Waals surface area contributed by atoms with Crippen molar-refractivity contribution in [3.05, 3.63) is 71.1 Å². The minimum atomic E-state index is -0.0371. The molecule has 4 rings (SSSR count). The molecule has 0 aliphatic carbocycles. The van der Waals surface area contributed by atoms with Crippen LogP contribution in [0.15, 0.2) is 54.0 Å². The highest BCUT2D eigenvalue weighted by atomic mass is 32.1. The normalized spacial score (nSPS) is 11.0. The number of carbonyl (C=O) groups is 1. The van der Waals surface area contributed by atoms with Crippen LogP contribution in [0.5, 0.6) is 0 Å². The third kappa shape index (κ3) is 4.03. The molecule has 0 spiro atoms. The minimum Gasteiger partial charge on any atom is -0.355 e. The predicted octanol–water partition coefficient (Wildman–Crippen LogP) is 3.06. The molecule has 0 radical (unpaired) electrons. The van der Waals surface area contributed by atoms with E-state index in [9.17, 15) is 4.79 Å². The summed E-state index contributed by atoms with van der Waals surface area (Å²) in [4.78, 5) is 16.8. The molecule has 0 saturated carbocycles. The number of hydrogen-bond donors (Lipinski definition) is 1. The quantitative estimate of drug-likeness (QED) is 0.561. The van der Waals surface area contributed by atoms with E-state index in [1.807, 2.05) is 46.3 Å². The molecule has 27 heavy (non-hydrogen) atoms. The highest BCUT2D eigenvalue weighted by Crippen LogP contribution is 2.24. The smallest absolute Gasteiger partial charge is 0.226 e. The fourth-order valence-corrected chi connectivity index (χ4v) is 3.72. The molecular weight excluding hydrogens is 358 g/mol. The van der Waals surface area contributed by atoms with Gasteiger partial charge in [0.25, 0.3) is 0 Å². The Morgan fingerprint density at radius 3 is 3.00 bits per heavy atom. The summed E-state index contributed by atoms with van der Waals surface area (Å²) in [5.41, 5.74) is 3.89. The Labute approximate surface area is 160 Å². The van der Waals surface area contributed by atoms with Crippen molar-refractivity contribution in [2.45, 2.75) is 19.8 Å². The number of nitrogens with zero attached hydrogens (tertiary/aromatic N) is 4. The van der Waals surface area contributed by atoms with Crippen LogP contribution in [-0.2, 0) is 17.6 Å². The molecule has 6 nitrogen and oxygen atoms in total. The van der Waals surface area contributed by atoms with Crippen molar-refractivity contribution >= 4 is 22.9 Å². The van der Waals surface area contributed by atoms with E-state index >= 15 is 0 Å². The van der Waals surface area contributed by atoms with Gasteiger partial charge < -0.3 is 5.32 Å². The molecule has 0 bridgehead atoms. The van der Waals surface area contributed by atoms with E-state index in [1.54, 1.807) is 11.3 Å². The zero-order valence-corrected chi connectivity index (χ0v) is 15.7. The van der Waals surface area contributed by atoms with Gasteiger partial charge in [-0.3, -0.25) is 9.20 Å². The molecule has 0 aliphatic rings. The van der Waals surface area contributed by atoms with Gasteiger partial charge in [-0.2, -0.15) is 0 Å². The van der Waals surface area contributed by atoms with E-state index in [0.29, 0.717) is 13.0 Å². The Balaban J connectivity index is 1.32. The number of hydrogen-bond acceptors (Lipinski definition) is 5. The molecule has 0 atom stereocenters. The Morgan fingerprint density at radius 2 is 2.11 bits per heavy atom. The Morgan fingerprint density at radius 1 is 1.19 bits per heavy atom. The van der Waals surface area contributed by atoms with Gasteiger partial charge in [-0.15, -0.1) is 21.5 Å². The van der Waals surface area contributed by atoms with Gasteiger partial charge in [-0.05, 0) is 25.1 Å². The Bertz CT molecular complexity index is 1080. The highest BCUT2D eigenvalue weighted by Gasteiger charge is 2.10. The average molecular weight is 377 g/mol. The van der Waals surface area contributed by atoms with Crippen LogP contribution in [0.25, 0.3) is 16.2 Å². The van der Waals surface area contributed by atoms with Crippen molar-refractivity contribution in [2.75, 3.05) is 6.54 Å². The van der Waals surface area contributed by atoms with Crippen LogP contribution < -0.4 is 5.32 Å². The van der Waals surface area contributed by atoms with Gasteiger partial charge >= 0.3 is 0 Å². The molecule has 1 amide bonds. The van der Waals surface area contributed by atoms with E-state index in [1.165, 1.54) is 5.56 Å². The van der Waals surface area contributed by atoms with Crippen LogP contribution in [0, 0.1) is 6.92 Å². The minimum absolute atomic E-state index is 0.0371. The van der Waals surface area contributed by atoms with Gasteiger partial charge in [-0.25, -0.2) is 4.98 Å². The van der Waals surface area contributed by atoms with Gasteiger partial charge in [0.2, 0.25) is 5.91 Å². The largest absolute Gasteiger partial charge is 0.355 e. The third-order valence-corrected chi connectivity index (χ3v) is 5.15. The van der Waals surface area contributed by atoms with Crippen molar-refractivity contribution in [3.63, 3.8) is 0 Å². The molecule has 3 heterocycles. The molecule has 0 unspecified atom stereocenters. The lowest BCUT2D eigenvalue weighted by atomic mass is 10.1. The number of benzene rings is 1. The first-order chi connectivity index (χ1) is 13.2. The standard InChI is InChI=1S/C20H19N5OS/c1-14-5-4-6-15(11-14)20-22-16(13-27-20)12-19(26)21-9-8-18-24-23-17-7-2-3-10-25(17)18/h2-7,10-11,13H,8-9,12H2,1H3,(H,21,26). The maximum Gasteiger partial charge on any atom is 0.226 e. The van der Waals surface area contributed by atoms with Gasteiger partial charge in [0, 0.05) is 30.1 Å². The van der Waals surface area contributed by atoms with E-state index in [-0.39, 0.29) is 12.3 Å². The number of rotatable bonds is 6. The molecule has 4 aromatic rings. The van der Waals surface area contributed by atoms with Crippen molar-refractivity contribution in [1.82, 2.24) is 24.9 Å². The van der Waals surface area contributed by atoms with Crippen LogP contribution in [0.2, 0.25) is 0 Å². The van der Waals surface area contributed by atoms with Crippen molar-refractivity contribution < 1.29 is 4.79 Å². The molecule has 0 fully saturated rings. The molecular formula is C20H19N5OS. The fourth-order valence-electron chi connectivity index (χ4n) is 2.90. The van der Waals surface area contributed by atoms with Gasteiger partial charge in [0.1, 0.15) is 10.8 Å². The summed E-state index contributed by atoms with van der Waals surface area (Å²) in [5.74, 6) is 0.797. The molecule has 136 valence electrons. The number of aryl methyl sites for hydroxylation is 1. The summed E-state index contributed by atoms with van der Waals surface area (Å²) in [6.07, 6.45) is 2.83. The summed E-state index contributed by atoms with van der Waals surface area (Å²) in [5, 5.41) is 14.1. The predicted molar refractivity (Wildman–Crippen MR) is 106 cm³/mol. The van der Waals surface area contributed by atoms with Crippen LogP contribution in [0.4, 0.5) is 0 Å². The Hall–Kier alpha value is -3.06. The number of nitrogens with one attached hydrogen (secondary N) is 1. The van der Waals surface area contributed by atoms with Gasteiger partial charge in [0.05, 0.1) is 12.1 Å². The summed E-state index contributed by atoms with van der Waals surface area (Å²) in [6, 6.07) is 14.0. The number of amides is 1. The first-order valence-electron chi connectivity index (χ1n) is 8.76. The molecule has 0 aliphatic heterocycles. The third-order valence-electron chi connectivity index (χ3n) is 4.21. The second kappa shape index (κ2) is 7.67. The number of aromatic nitrogens is 4. The lowest BCUT2D eigenvalue weighted by Crippen LogP contribution is -2.27. The number of carbonyl (C=O) groups excluding carboxylic acids is 1. The monoisotopic (exact) mass is 377 g/mol. The lowest BCUT2D eigenvalue weighted by molar-refractivity contribution is -0.120.